The van der Waals surface area contributed by atoms with E-state index in [2.05, 4.69) is 10.4 Å². The summed E-state index contributed by atoms with van der Waals surface area (Å²) in [5.74, 6) is -1.29. The fraction of sp³-hybridized carbons (Fsp3) is 0.643. The Morgan fingerprint density at radius 2 is 2.00 bits per heavy atom. The van der Waals surface area contributed by atoms with E-state index in [-0.39, 0.29) is 5.91 Å². The number of carboxylic acids is 1. The third-order valence-electron chi connectivity index (χ3n) is 3.94. The Morgan fingerprint density at radius 1 is 1.35 bits per heavy atom. The summed E-state index contributed by atoms with van der Waals surface area (Å²) in [4.78, 5) is 23.9. The molecule has 0 bridgehead atoms. The molecule has 0 unspecified atom stereocenters. The molecule has 1 aliphatic carbocycles. The number of aryl methyl sites for hydroxylation is 1. The molecule has 0 radical (unpaired) electrons. The molecule has 1 saturated carbocycles. The Bertz CT molecular complexity index is 488. The molecule has 0 saturated heterocycles. The van der Waals surface area contributed by atoms with E-state index in [0.29, 0.717) is 24.9 Å². The van der Waals surface area contributed by atoms with Crippen LogP contribution in [0.3, 0.4) is 0 Å². The lowest BCUT2D eigenvalue weighted by Crippen LogP contribution is -2.54. The summed E-state index contributed by atoms with van der Waals surface area (Å²) in [6, 6.07) is 0. The first-order valence-electron chi connectivity index (χ1n) is 7.16. The molecular weight excluding hydrogens is 258 g/mol. The highest BCUT2D eigenvalue weighted by Gasteiger charge is 2.40. The van der Waals surface area contributed by atoms with Crippen molar-refractivity contribution in [3.8, 4) is 0 Å². The van der Waals surface area contributed by atoms with Gasteiger partial charge in [-0.2, -0.15) is 5.10 Å². The normalized spacial score (nSPS) is 18.2. The van der Waals surface area contributed by atoms with E-state index in [0.717, 1.165) is 25.7 Å². The second kappa shape index (κ2) is 6.07. The molecule has 110 valence electrons. The molecule has 1 aromatic heterocycles. The standard InChI is InChI=1S/C14H21N3O3/c1-2-17-10-11(9-15-17)12(18)16-14(13(19)20)7-5-3-4-6-8-14/h9-10H,2-8H2,1H3,(H,16,18)(H,19,20). The predicted molar refractivity (Wildman–Crippen MR) is 73.4 cm³/mol. The maximum Gasteiger partial charge on any atom is 0.329 e. The lowest BCUT2D eigenvalue weighted by molar-refractivity contribution is -0.145. The molecule has 6 nitrogen and oxygen atoms in total. The zero-order chi connectivity index (χ0) is 14.6. The number of rotatable bonds is 4. The van der Waals surface area contributed by atoms with Crippen LogP contribution in [-0.4, -0.2) is 32.3 Å². The average Bonchev–Trinajstić information content (AvgIpc) is 2.79. The number of carbonyl (C=O) groups is 2. The molecule has 2 N–H and O–H groups in total. The number of aliphatic carboxylic acids is 1. The molecule has 0 aliphatic heterocycles. The topological polar surface area (TPSA) is 84.2 Å². The van der Waals surface area contributed by atoms with E-state index < -0.39 is 11.5 Å². The van der Waals surface area contributed by atoms with Crippen LogP contribution in [0.15, 0.2) is 12.4 Å². The molecule has 1 aliphatic rings. The van der Waals surface area contributed by atoms with Gasteiger partial charge < -0.3 is 10.4 Å². The van der Waals surface area contributed by atoms with Gasteiger partial charge in [0.05, 0.1) is 11.8 Å². The quantitative estimate of drug-likeness (QED) is 0.823. The number of hydrogen-bond donors (Lipinski definition) is 2. The molecule has 1 amide bonds. The van der Waals surface area contributed by atoms with Crippen molar-refractivity contribution in [2.75, 3.05) is 0 Å². The van der Waals surface area contributed by atoms with Crippen molar-refractivity contribution in [2.45, 2.75) is 57.5 Å². The third kappa shape index (κ3) is 3.00. The van der Waals surface area contributed by atoms with Crippen LogP contribution >= 0.6 is 0 Å². The molecule has 1 heterocycles. The van der Waals surface area contributed by atoms with Gasteiger partial charge >= 0.3 is 5.97 Å². The van der Waals surface area contributed by atoms with Crippen LogP contribution in [0, 0.1) is 0 Å². The van der Waals surface area contributed by atoms with Crippen molar-refractivity contribution in [1.29, 1.82) is 0 Å². The van der Waals surface area contributed by atoms with Crippen LogP contribution in [0.5, 0.6) is 0 Å². The number of nitrogens with one attached hydrogen (secondary N) is 1. The molecule has 0 aromatic carbocycles. The van der Waals surface area contributed by atoms with E-state index in [1.54, 1.807) is 10.9 Å². The van der Waals surface area contributed by atoms with Gasteiger partial charge in [-0.25, -0.2) is 4.79 Å². The lowest BCUT2D eigenvalue weighted by Gasteiger charge is -2.29. The number of nitrogens with zero attached hydrogens (tertiary/aromatic N) is 2. The second-order valence-corrected chi connectivity index (χ2v) is 5.34. The van der Waals surface area contributed by atoms with Crippen LogP contribution in [0.2, 0.25) is 0 Å². The Labute approximate surface area is 118 Å². The van der Waals surface area contributed by atoms with E-state index >= 15 is 0 Å². The van der Waals surface area contributed by atoms with Gasteiger partial charge in [0.2, 0.25) is 0 Å². The molecule has 20 heavy (non-hydrogen) atoms. The minimum Gasteiger partial charge on any atom is -0.480 e. The maximum absolute atomic E-state index is 12.2. The summed E-state index contributed by atoms with van der Waals surface area (Å²) in [5.41, 5.74) is -0.709. The summed E-state index contributed by atoms with van der Waals surface area (Å²) < 4.78 is 1.65. The number of amides is 1. The van der Waals surface area contributed by atoms with Crippen molar-refractivity contribution >= 4 is 11.9 Å². The fourth-order valence-electron chi connectivity index (χ4n) is 2.67. The van der Waals surface area contributed by atoms with Crippen LogP contribution in [0.1, 0.15) is 55.8 Å². The van der Waals surface area contributed by atoms with Gasteiger partial charge in [-0.05, 0) is 19.8 Å². The number of aromatic nitrogens is 2. The lowest BCUT2D eigenvalue weighted by atomic mass is 9.90. The predicted octanol–water partition coefficient (Wildman–Crippen LogP) is 1.81. The summed E-state index contributed by atoms with van der Waals surface area (Å²) in [7, 11) is 0. The summed E-state index contributed by atoms with van der Waals surface area (Å²) in [6.45, 7) is 2.61. The van der Waals surface area contributed by atoms with E-state index in [4.69, 9.17) is 0 Å². The van der Waals surface area contributed by atoms with Crippen molar-refractivity contribution < 1.29 is 14.7 Å². The maximum atomic E-state index is 12.2. The zero-order valence-electron chi connectivity index (χ0n) is 11.8. The van der Waals surface area contributed by atoms with Crippen molar-refractivity contribution in [1.82, 2.24) is 15.1 Å². The monoisotopic (exact) mass is 279 g/mol. The molecule has 0 atom stereocenters. The molecule has 0 spiro atoms. The Hall–Kier alpha value is -1.85. The Kier molecular flexibility index (Phi) is 4.42. The summed E-state index contributed by atoms with van der Waals surface area (Å²) >= 11 is 0. The van der Waals surface area contributed by atoms with Crippen molar-refractivity contribution in [2.24, 2.45) is 0 Å². The van der Waals surface area contributed by atoms with E-state index in [9.17, 15) is 14.7 Å². The zero-order valence-corrected chi connectivity index (χ0v) is 11.8. The minimum absolute atomic E-state index is 0.353. The molecule has 1 fully saturated rings. The largest absolute Gasteiger partial charge is 0.480 e. The van der Waals surface area contributed by atoms with Crippen LogP contribution in [-0.2, 0) is 11.3 Å². The van der Waals surface area contributed by atoms with E-state index in [1.807, 2.05) is 6.92 Å². The van der Waals surface area contributed by atoms with Crippen LogP contribution < -0.4 is 5.32 Å². The molecule has 1 aromatic rings. The SMILES string of the molecule is CCn1cc(C(=O)NC2(C(=O)O)CCCCCC2)cn1. The van der Waals surface area contributed by atoms with Gasteiger partial charge in [-0.15, -0.1) is 0 Å². The van der Waals surface area contributed by atoms with Crippen molar-refractivity contribution in [3.05, 3.63) is 18.0 Å². The minimum atomic E-state index is -1.12. The van der Waals surface area contributed by atoms with Gasteiger partial charge in [-0.3, -0.25) is 9.48 Å². The first-order valence-corrected chi connectivity index (χ1v) is 7.16. The number of carbonyl (C=O) groups excluding carboxylic acids is 1. The Morgan fingerprint density at radius 3 is 2.50 bits per heavy atom. The van der Waals surface area contributed by atoms with Crippen LogP contribution in [0.4, 0.5) is 0 Å². The van der Waals surface area contributed by atoms with Gasteiger partial charge in [0, 0.05) is 12.7 Å². The third-order valence-corrected chi connectivity index (χ3v) is 3.94. The summed E-state index contributed by atoms with van der Waals surface area (Å²) in [6.07, 6.45) is 7.83. The van der Waals surface area contributed by atoms with Crippen molar-refractivity contribution in [3.63, 3.8) is 0 Å². The first-order chi connectivity index (χ1) is 9.57. The van der Waals surface area contributed by atoms with E-state index in [1.165, 1.54) is 6.20 Å². The second-order valence-electron chi connectivity index (χ2n) is 5.34. The van der Waals surface area contributed by atoms with Gasteiger partial charge in [0.25, 0.3) is 5.91 Å². The molecular formula is C14H21N3O3. The average molecular weight is 279 g/mol. The van der Waals surface area contributed by atoms with Gasteiger partial charge in [-0.1, -0.05) is 25.7 Å². The fourth-order valence-corrected chi connectivity index (χ4v) is 2.67. The highest BCUT2D eigenvalue weighted by molar-refractivity contribution is 5.97. The molecule has 2 rings (SSSR count). The van der Waals surface area contributed by atoms with Crippen LogP contribution in [0.25, 0.3) is 0 Å². The molecule has 6 heteroatoms. The summed E-state index contributed by atoms with van der Waals surface area (Å²) in [5, 5.41) is 16.3. The Balaban J connectivity index is 2.14. The number of hydrogen-bond acceptors (Lipinski definition) is 3. The highest BCUT2D eigenvalue weighted by Crippen LogP contribution is 2.27. The van der Waals surface area contributed by atoms with Gasteiger partial charge in [0.15, 0.2) is 0 Å². The smallest absolute Gasteiger partial charge is 0.329 e. The first kappa shape index (κ1) is 14.6. The highest BCUT2D eigenvalue weighted by atomic mass is 16.4. The number of carboxylic acid groups (broad SMARTS) is 1. The van der Waals surface area contributed by atoms with Gasteiger partial charge in [0.1, 0.15) is 5.54 Å².